The van der Waals surface area contributed by atoms with Crippen molar-refractivity contribution < 1.29 is 31.4 Å². The Morgan fingerprint density at radius 2 is 2.09 bits per heavy atom. The fourth-order valence-electron chi connectivity index (χ4n) is 2.53. The Hall–Kier alpha value is -1.20. The maximum absolute atomic E-state index is 8.68. The first-order valence-corrected chi connectivity index (χ1v) is 9.63. The molecular weight excluding hydrogens is 399 g/mol. The molecule has 1 unspecified atom stereocenters. The topological polar surface area (TPSA) is 111 Å². The Bertz CT molecular complexity index is 562. The van der Waals surface area contributed by atoms with Crippen LogP contribution in [0.4, 0.5) is 5.69 Å². The average Bonchev–Trinajstić information content (AvgIpc) is 2.90. The van der Waals surface area contributed by atoms with Crippen LogP contribution in [0.15, 0.2) is 41.5 Å². The van der Waals surface area contributed by atoms with E-state index < -0.39 is 21.1 Å². The third kappa shape index (κ3) is 4.17. The summed E-state index contributed by atoms with van der Waals surface area (Å²) in [5.74, 6) is 0.970. The number of rotatable bonds is 1. The van der Waals surface area contributed by atoms with E-state index >= 15 is 0 Å². The van der Waals surface area contributed by atoms with Gasteiger partial charge < -0.3 is 16.7 Å². The smallest absolute Gasteiger partial charge is 0.396 e. The Labute approximate surface area is 138 Å². The van der Waals surface area contributed by atoms with Gasteiger partial charge in [-0.2, -0.15) is 0 Å². The first kappa shape index (κ1) is 17.2. The molecule has 0 amide bonds. The van der Waals surface area contributed by atoms with Crippen LogP contribution in [0.5, 0.6) is 0 Å². The van der Waals surface area contributed by atoms with E-state index in [1.54, 1.807) is 0 Å². The minimum absolute atomic E-state index is 0.261. The van der Waals surface area contributed by atoms with E-state index in [1.165, 1.54) is 11.3 Å². The highest BCUT2D eigenvalue weighted by molar-refractivity contribution is 6.07. The number of halogens is 1. The third-order valence-corrected chi connectivity index (χ3v) is 3.55. The summed E-state index contributed by atoms with van der Waals surface area (Å²) in [6, 6.07) is 8.49. The molecular formula is C14H19IN4O3. The standard InChI is InChI=1S/C14H18N4.HIO3/c1-2-17-9-8-13(16-14(17)15)18-10-7-11-5-3-4-6-12(11)18;2-1(3)4/h3-6,8-9,14H,2,7,10,15H2,1H3;2H. The van der Waals surface area contributed by atoms with E-state index in [0.717, 1.165) is 25.3 Å². The number of hydrogen-bond acceptors (Lipinski definition) is 7. The zero-order valence-corrected chi connectivity index (χ0v) is 14.4. The lowest BCUT2D eigenvalue weighted by Gasteiger charge is -2.30. The van der Waals surface area contributed by atoms with E-state index in [1.807, 2.05) is 11.1 Å². The average molecular weight is 418 g/mol. The van der Waals surface area contributed by atoms with Gasteiger partial charge in [0.2, 0.25) is 0 Å². The van der Waals surface area contributed by atoms with Gasteiger partial charge in [0.15, 0.2) is 6.29 Å². The molecule has 0 saturated carbocycles. The van der Waals surface area contributed by atoms with Crippen LogP contribution in [0.3, 0.4) is 0 Å². The zero-order valence-electron chi connectivity index (χ0n) is 12.2. The molecule has 2 aliphatic heterocycles. The fraction of sp³-hybridized carbons (Fsp3) is 0.357. The SMILES string of the molecule is CCN1C=CC(N2CCc3ccccc32)=NC1N.[O-][I+2]([O-])O. The molecule has 2 heterocycles. The summed E-state index contributed by atoms with van der Waals surface area (Å²) in [4.78, 5) is 8.84. The van der Waals surface area contributed by atoms with Gasteiger partial charge in [0.05, 0.1) is 0 Å². The van der Waals surface area contributed by atoms with Gasteiger partial charge in [0, 0.05) is 25.0 Å². The molecule has 2 aliphatic rings. The van der Waals surface area contributed by atoms with Crippen molar-refractivity contribution in [1.82, 2.24) is 4.90 Å². The van der Waals surface area contributed by atoms with Crippen molar-refractivity contribution in [3.63, 3.8) is 0 Å². The summed E-state index contributed by atoms with van der Waals surface area (Å²) in [7, 11) is 0. The summed E-state index contributed by atoms with van der Waals surface area (Å²) in [5.41, 5.74) is 8.68. The second kappa shape index (κ2) is 7.88. The number of fused-ring (bicyclic) bond motifs is 1. The lowest BCUT2D eigenvalue weighted by atomic mass is 10.2. The van der Waals surface area contributed by atoms with Gasteiger partial charge >= 0.3 is 21.1 Å². The van der Waals surface area contributed by atoms with Crippen LogP contribution in [0.2, 0.25) is 0 Å². The molecule has 3 N–H and O–H groups in total. The summed E-state index contributed by atoms with van der Waals surface area (Å²) < 4.78 is 24.5. The third-order valence-electron chi connectivity index (χ3n) is 3.55. The normalized spacial score (nSPS) is 19.7. The van der Waals surface area contributed by atoms with Crippen molar-refractivity contribution in [2.75, 3.05) is 18.0 Å². The predicted molar refractivity (Wildman–Crippen MR) is 76.6 cm³/mol. The van der Waals surface area contributed by atoms with Gasteiger partial charge in [0.25, 0.3) is 0 Å². The van der Waals surface area contributed by atoms with E-state index in [9.17, 15) is 0 Å². The van der Waals surface area contributed by atoms with Crippen LogP contribution >= 0.6 is 0 Å². The van der Waals surface area contributed by atoms with Gasteiger partial charge in [-0.1, -0.05) is 18.2 Å². The summed E-state index contributed by atoms with van der Waals surface area (Å²) in [5, 5.41) is 0. The Morgan fingerprint density at radius 3 is 2.73 bits per heavy atom. The lowest BCUT2D eigenvalue weighted by molar-refractivity contribution is -1.63. The summed E-state index contributed by atoms with van der Waals surface area (Å²) >= 11 is -3.76. The minimum atomic E-state index is -3.76. The van der Waals surface area contributed by atoms with Crippen LogP contribution in [-0.4, -0.2) is 33.6 Å². The Morgan fingerprint density at radius 1 is 1.41 bits per heavy atom. The number of nitrogens with zero attached hydrogens (tertiary/aromatic N) is 3. The molecule has 22 heavy (non-hydrogen) atoms. The lowest BCUT2D eigenvalue weighted by Crippen LogP contribution is -3.98. The molecule has 120 valence electrons. The second-order valence-corrected chi connectivity index (χ2v) is 5.93. The highest BCUT2D eigenvalue weighted by atomic mass is 127. The Balaban J connectivity index is 0.000000396. The number of aliphatic imine (C=N–C) groups is 1. The maximum Gasteiger partial charge on any atom is 0.503 e. The van der Waals surface area contributed by atoms with Crippen molar-refractivity contribution >= 4 is 11.5 Å². The predicted octanol–water partition coefficient (Wildman–Crippen LogP) is -4.39. The first-order chi connectivity index (χ1) is 10.5. The minimum Gasteiger partial charge on any atom is -0.396 e. The van der Waals surface area contributed by atoms with Gasteiger partial charge in [-0.25, -0.2) is 4.99 Å². The molecule has 7 nitrogen and oxygen atoms in total. The molecule has 0 bridgehead atoms. The molecule has 0 radical (unpaired) electrons. The number of para-hydroxylation sites is 1. The number of benzene rings is 1. The molecule has 1 aromatic rings. The van der Waals surface area contributed by atoms with Crippen molar-refractivity contribution in [2.24, 2.45) is 10.7 Å². The summed E-state index contributed by atoms with van der Waals surface area (Å²) in [6.45, 7) is 3.95. The van der Waals surface area contributed by atoms with Gasteiger partial charge in [-0.05, 0) is 34.5 Å². The van der Waals surface area contributed by atoms with Crippen LogP contribution in [0.1, 0.15) is 12.5 Å². The largest absolute Gasteiger partial charge is 0.503 e. The summed E-state index contributed by atoms with van der Waals surface area (Å²) in [6.07, 6.45) is 4.90. The van der Waals surface area contributed by atoms with Crippen molar-refractivity contribution in [1.29, 1.82) is 0 Å². The highest BCUT2D eigenvalue weighted by Crippen LogP contribution is 2.28. The van der Waals surface area contributed by atoms with E-state index in [2.05, 4.69) is 47.2 Å². The van der Waals surface area contributed by atoms with Crippen molar-refractivity contribution in [3.8, 4) is 0 Å². The van der Waals surface area contributed by atoms with Crippen molar-refractivity contribution in [3.05, 3.63) is 42.1 Å². The highest BCUT2D eigenvalue weighted by Gasteiger charge is 2.24. The zero-order chi connectivity index (χ0) is 16.1. The number of amidine groups is 1. The molecule has 3 rings (SSSR count). The van der Waals surface area contributed by atoms with Gasteiger partial charge in [0.1, 0.15) is 5.84 Å². The quantitative estimate of drug-likeness (QED) is 0.446. The van der Waals surface area contributed by atoms with E-state index in [4.69, 9.17) is 16.0 Å². The van der Waals surface area contributed by atoms with Gasteiger partial charge in [-0.15, -0.1) is 0 Å². The number of hydrogen-bond donors (Lipinski definition) is 2. The molecule has 0 fully saturated rings. The van der Waals surface area contributed by atoms with Crippen molar-refractivity contribution in [2.45, 2.75) is 19.6 Å². The second-order valence-electron chi connectivity index (χ2n) is 4.78. The van der Waals surface area contributed by atoms with Crippen LogP contribution in [0, 0.1) is 0 Å². The molecule has 1 atom stereocenters. The molecule has 0 saturated heterocycles. The molecule has 8 heteroatoms. The van der Waals surface area contributed by atoms with Crippen LogP contribution < -0.4 is 38.6 Å². The van der Waals surface area contributed by atoms with Crippen LogP contribution in [0.25, 0.3) is 0 Å². The number of nitrogens with two attached hydrogens (primary N) is 1. The van der Waals surface area contributed by atoms with Crippen LogP contribution in [-0.2, 0) is 6.42 Å². The first-order valence-electron chi connectivity index (χ1n) is 6.90. The fourth-order valence-corrected chi connectivity index (χ4v) is 2.53. The monoisotopic (exact) mass is 418 g/mol. The molecule has 0 spiro atoms. The maximum atomic E-state index is 8.68. The van der Waals surface area contributed by atoms with E-state index in [0.29, 0.717) is 0 Å². The molecule has 0 aliphatic carbocycles. The molecule has 1 aromatic carbocycles. The molecule has 0 aromatic heterocycles. The number of anilines is 1. The Kier molecular flexibility index (Phi) is 6.15. The van der Waals surface area contributed by atoms with Gasteiger partial charge in [-0.3, -0.25) is 5.73 Å². The van der Waals surface area contributed by atoms with E-state index in [-0.39, 0.29) is 6.29 Å².